The average Bonchev–Trinajstić information content (AvgIpc) is 2.02. The summed E-state index contributed by atoms with van der Waals surface area (Å²) in [6.45, 7) is 0. The summed E-state index contributed by atoms with van der Waals surface area (Å²) in [7, 11) is 0. The zero-order valence-corrected chi connectivity index (χ0v) is 8.73. The SMILES string of the molecule is Fc1cc(Br)cc2ccnc(Cl)c12. The molecule has 0 spiro atoms. The molecule has 0 fully saturated rings. The molecule has 0 saturated heterocycles. The first kappa shape index (κ1) is 8.91. The van der Waals surface area contributed by atoms with E-state index in [-0.39, 0.29) is 11.0 Å². The number of fused-ring (bicyclic) bond motifs is 1. The van der Waals surface area contributed by atoms with Crippen LogP contribution in [0.5, 0.6) is 0 Å². The maximum atomic E-state index is 13.4. The van der Waals surface area contributed by atoms with Crippen LogP contribution in [0.4, 0.5) is 4.39 Å². The van der Waals surface area contributed by atoms with Crippen LogP contribution in [0, 0.1) is 5.82 Å². The monoisotopic (exact) mass is 259 g/mol. The Kier molecular flexibility index (Phi) is 2.22. The molecule has 0 unspecified atom stereocenters. The van der Waals surface area contributed by atoms with E-state index in [1.807, 2.05) is 0 Å². The fourth-order valence-electron chi connectivity index (χ4n) is 1.19. The van der Waals surface area contributed by atoms with Gasteiger partial charge in [0.15, 0.2) is 0 Å². The molecule has 0 aliphatic carbocycles. The van der Waals surface area contributed by atoms with Crippen LogP contribution >= 0.6 is 27.5 Å². The Morgan fingerprint density at radius 1 is 1.38 bits per heavy atom. The van der Waals surface area contributed by atoms with E-state index in [4.69, 9.17) is 11.6 Å². The van der Waals surface area contributed by atoms with E-state index in [2.05, 4.69) is 20.9 Å². The van der Waals surface area contributed by atoms with Gasteiger partial charge in [-0.1, -0.05) is 27.5 Å². The van der Waals surface area contributed by atoms with Gasteiger partial charge in [-0.3, -0.25) is 0 Å². The lowest BCUT2D eigenvalue weighted by atomic mass is 10.2. The van der Waals surface area contributed by atoms with Crippen LogP contribution in [-0.2, 0) is 0 Å². The molecule has 0 atom stereocenters. The molecule has 1 heterocycles. The van der Waals surface area contributed by atoms with E-state index in [0.717, 1.165) is 5.39 Å². The quantitative estimate of drug-likeness (QED) is 0.657. The van der Waals surface area contributed by atoms with Gasteiger partial charge in [-0.15, -0.1) is 0 Å². The predicted octanol–water partition coefficient (Wildman–Crippen LogP) is 3.79. The third-order valence-corrected chi connectivity index (χ3v) is 2.48. The van der Waals surface area contributed by atoms with Gasteiger partial charge >= 0.3 is 0 Å². The molecule has 0 amide bonds. The zero-order valence-electron chi connectivity index (χ0n) is 6.39. The highest BCUT2D eigenvalue weighted by Gasteiger charge is 2.06. The Hall–Kier alpha value is -0.670. The molecular weight excluding hydrogens is 256 g/mol. The molecule has 2 rings (SSSR count). The van der Waals surface area contributed by atoms with Crippen molar-refractivity contribution in [2.24, 2.45) is 0 Å². The molecule has 66 valence electrons. The van der Waals surface area contributed by atoms with Gasteiger partial charge in [-0.2, -0.15) is 0 Å². The Morgan fingerprint density at radius 2 is 2.15 bits per heavy atom. The van der Waals surface area contributed by atoms with Crippen LogP contribution < -0.4 is 0 Å². The largest absolute Gasteiger partial charge is 0.244 e. The van der Waals surface area contributed by atoms with Crippen molar-refractivity contribution >= 4 is 38.3 Å². The first-order valence-electron chi connectivity index (χ1n) is 3.58. The Bertz CT molecular complexity index is 472. The van der Waals surface area contributed by atoms with Crippen molar-refractivity contribution < 1.29 is 4.39 Å². The lowest BCUT2D eigenvalue weighted by Crippen LogP contribution is -1.84. The molecule has 4 heteroatoms. The van der Waals surface area contributed by atoms with Crippen LogP contribution in [0.25, 0.3) is 10.8 Å². The number of pyridine rings is 1. The van der Waals surface area contributed by atoms with Crippen molar-refractivity contribution in [3.63, 3.8) is 0 Å². The maximum absolute atomic E-state index is 13.4. The van der Waals surface area contributed by atoms with Gasteiger partial charge in [0.25, 0.3) is 0 Å². The van der Waals surface area contributed by atoms with Crippen molar-refractivity contribution in [2.45, 2.75) is 0 Å². The van der Waals surface area contributed by atoms with Crippen molar-refractivity contribution in [3.8, 4) is 0 Å². The Balaban J connectivity index is 2.94. The van der Waals surface area contributed by atoms with Crippen LogP contribution in [-0.4, -0.2) is 4.98 Å². The van der Waals surface area contributed by atoms with Crippen LogP contribution in [0.2, 0.25) is 5.15 Å². The van der Waals surface area contributed by atoms with Crippen LogP contribution in [0.3, 0.4) is 0 Å². The highest BCUT2D eigenvalue weighted by Crippen LogP contribution is 2.27. The van der Waals surface area contributed by atoms with Crippen LogP contribution in [0.1, 0.15) is 0 Å². The molecule has 0 aliphatic rings. The highest BCUT2D eigenvalue weighted by molar-refractivity contribution is 9.10. The Morgan fingerprint density at radius 3 is 2.92 bits per heavy atom. The first-order chi connectivity index (χ1) is 6.18. The van der Waals surface area contributed by atoms with Crippen molar-refractivity contribution in [3.05, 3.63) is 39.8 Å². The number of aromatic nitrogens is 1. The summed E-state index contributed by atoms with van der Waals surface area (Å²) < 4.78 is 14.0. The number of halogens is 3. The number of nitrogens with zero attached hydrogens (tertiary/aromatic N) is 1. The lowest BCUT2D eigenvalue weighted by molar-refractivity contribution is 0.638. The summed E-state index contributed by atoms with van der Waals surface area (Å²) in [6.07, 6.45) is 1.55. The topological polar surface area (TPSA) is 12.9 Å². The first-order valence-corrected chi connectivity index (χ1v) is 4.75. The number of hydrogen-bond donors (Lipinski definition) is 0. The molecule has 0 saturated carbocycles. The third kappa shape index (κ3) is 1.54. The van der Waals surface area contributed by atoms with Gasteiger partial charge in [0.2, 0.25) is 0 Å². The molecule has 1 aromatic heterocycles. The highest BCUT2D eigenvalue weighted by atomic mass is 79.9. The van der Waals surface area contributed by atoms with Gasteiger partial charge in [-0.25, -0.2) is 9.37 Å². The second kappa shape index (κ2) is 3.24. The molecule has 2 aromatic rings. The summed E-state index contributed by atoms with van der Waals surface area (Å²) in [5, 5.41) is 1.31. The number of hydrogen-bond acceptors (Lipinski definition) is 1. The van der Waals surface area contributed by atoms with Gasteiger partial charge in [0, 0.05) is 10.7 Å². The van der Waals surface area contributed by atoms with E-state index < -0.39 is 0 Å². The van der Waals surface area contributed by atoms with Crippen molar-refractivity contribution in [1.82, 2.24) is 4.98 Å². The summed E-state index contributed by atoms with van der Waals surface area (Å²) in [5.41, 5.74) is 0. The summed E-state index contributed by atoms with van der Waals surface area (Å²) in [5.74, 6) is -0.359. The normalized spacial score (nSPS) is 10.7. The lowest BCUT2D eigenvalue weighted by Gasteiger charge is -2.01. The van der Waals surface area contributed by atoms with E-state index >= 15 is 0 Å². The maximum Gasteiger partial charge on any atom is 0.139 e. The van der Waals surface area contributed by atoms with Gasteiger partial charge in [0.1, 0.15) is 11.0 Å². The molecule has 1 aromatic carbocycles. The van der Waals surface area contributed by atoms with Gasteiger partial charge in [0.05, 0.1) is 5.39 Å². The second-order valence-electron chi connectivity index (χ2n) is 2.59. The smallest absolute Gasteiger partial charge is 0.139 e. The van der Waals surface area contributed by atoms with Gasteiger partial charge < -0.3 is 0 Å². The molecule has 0 N–H and O–H groups in total. The number of rotatable bonds is 0. The van der Waals surface area contributed by atoms with Crippen molar-refractivity contribution in [2.75, 3.05) is 0 Å². The fraction of sp³-hybridized carbons (Fsp3) is 0. The third-order valence-electron chi connectivity index (χ3n) is 1.73. The summed E-state index contributed by atoms with van der Waals surface area (Å²) >= 11 is 8.95. The van der Waals surface area contributed by atoms with E-state index in [1.165, 1.54) is 6.07 Å². The second-order valence-corrected chi connectivity index (χ2v) is 3.86. The Labute approximate surface area is 87.7 Å². The van der Waals surface area contributed by atoms with Crippen LogP contribution in [0.15, 0.2) is 28.9 Å². The summed E-state index contributed by atoms with van der Waals surface area (Å²) in [6, 6.07) is 4.89. The molecule has 0 radical (unpaired) electrons. The fourth-order valence-corrected chi connectivity index (χ4v) is 1.89. The summed E-state index contributed by atoms with van der Waals surface area (Å²) in [4.78, 5) is 3.81. The minimum absolute atomic E-state index is 0.197. The molecular formula is C9H4BrClFN. The minimum Gasteiger partial charge on any atom is -0.244 e. The standard InChI is InChI=1S/C9H4BrClFN/c10-6-3-5-1-2-13-9(11)8(5)7(12)4-6/h1-4H. The van der Waals surface area contributed by atoms with E-state index in [0.29, 0.717) is 9.86 Å². The van der Waals surface area contributed by atoms with Gasteiger partial charge in [-0.05, 0) is 23.6 Å². The predicted molar refractivity (Wildman–Crippen MR) is 54.4 cm³/mol. The van der Waals surface area contributed by atoms with Crippen molar-refractivity contribution in [1.29, 1.82) is 0 Å². The minimum atomic E-state index is -0.359. The molecule has 0 bridgehead atoms. The average molecular weight is 260 g/mol. The van der Waals surface area contributed by atoms with E-state index in [1.54, 1.807) is 18.3 Å². The van der Waals surface area contributed by atoms with E-state index in [9.17, 15) is 4.39 Å². The molecule has 0 aliphatic heterocycles. The zero-order chi connectivity index (χ0) is 9.42. The number of benzene rings is 1. The molecule has 1 nitrogen and oxygen atoms in total. The molecule has 13 heavy (non-hydrogen) atoms.